The van der Waals surface area contributed by atoms with Crippen molar-refractivity contribution in [1.29, 1.82) is 0 Å². The van der Waals surface area contributed by atoms with Gasteiger partial charge in [0.25, 0.3) is 5.91 Å². The van der Waals surface area contributed by atoms with Crippen molar-refractivity contribution in [2.24, 2.45) is 0 Å². The minimum absolute atomic E-state index is 0.112. The van der Waals surface area contributed by atoms with Crippen LogP contribution in [0.15, 0.2) is 54.9 Å². The van der Waals surface area contributed by atoms with Crippen LogP contribution in [-0.2, 0) is 0 Å². The molecule has 0 aliphatic heterocycles. The molecule has 0 saturated carbocycles. The minimum atomic E-state index is -0.112. The summed E-state index contributed by atoms with van der Waals surface area (Å²) in [6.45, 7) is 0. The fourth-order valence-electron chi connectivity index (χ4n) is 2.17. The first-order valence-electron chi connectivity index (χ1n) is 6.32. The fraction of sp³-hybridized carbons (Fsp3) is 0.0625. The Kier molecular flexibility index (Phi) is 3.13. The molecule has 0 unspecified atom stereocenters. The van der Waals surface area contributed by atoms with E-state index < -0.39 is 0 Å². The zero-order valence-corrected chi connectivity index (χ0v) is 11.0. The van der Waals surface area contributed by atoms with Crippen LogP contribution in [0.25, 0.3) is 22.2 Å². The zero-order valence-electron chi connectivity index (χ0n) is 11.0. The summed E-state index contributed by atoms with van der Waals surface area (Å²) in [5, 5.41) is 3.52. The van der Waals surface area contributed by atoms with Gasteiger partial charge in [0.1, 0.15) is 0 Å². The maximum atomic E-state index is 12.1. The van der Waals surface area contributed by atoms with Crippen molar-refractivity contribution >= 4 is 16.8 Å². The van der Waals surface area contributed by atoms with E-state index in [1.807, 2.05) is 42.5 Å². The highest BCUT2D eigenvalue weighted by molar-refractivity contribution is 6.07. The highest BCUT2D eigenvalue weighted by Gasteiger charge is 2.12. The van der Waals surface area contributed by atoms with Gasteiger partial charge in [-0.3, -0.25) is 9.78 Å². The SMILES string of the molecule is CNC(=O)c1cc(-c2ccncc2)nc2ccccc12. The Bertz CT molecular complexity index is 769. The molecule has 4 heteroatoms. The topological polar surface area (TPSA) is 54.9 Å². The van der Waals surface area contributed by atoms with E-state index in [0.717, 1.165) is 22.2 Å². The Morgan fingerprint density at radius 1 is 1.10 bits per heavy atom. The van der Waals surface area contributed by atoms with Crippen molar-refractivity contribution in [3.63, 3.8) is 0 Å². The lowest BCUT2D eigenvalue weighted by atomic mass is 10.0. The quantitative estimate of drug-likeness (QED) is 0.773. The van der Waals surface area contributed by atoms with Crippen LogP contribution < -0.4 is 5.32 Å². The van der Waals surface area contributed by atoms with Gasteiger partial charge in [-0.05, 0) is 24.3 Å². The molecule has 0 spiro atoms. The summed E-state index contributed by atoms with van der Waals surface area (Å²) >= 11 is 0. The van der Waals surface area contributed by atoms with Gasteiger partial charge in [-0.2, -0.15) is 0 Å². The number of nitrogens with one attached hydrogen (secondary N) is 1. The minimum Gasteiger partial charge on any atom is -0.355 e. The third kappa shape index (κ3) is 2.12. The molecular weight excluding hydrogens is 250 g/mol. The lowest BCUT2D eigenvalue weighted by Crippen LogP contribution is -2.18. The van der Waals surface area contributed by atoms with Crippen LogP contribution in [-0.4, -0.2) is 22.9 Å². The zero-order chi connectivity index (χ0) is 13.9. The highest BCUT2D eigenvalue weighted by atomic mass is 16.1. The summed E-state index contributed by atoms with van der Waals surface area (Å²) in [7, 11) is 1.63. The summed E-state index contributed by atoms with van der Waals surface area (Å²) in [6, 6.07) is 13.2. The number of carbonyl (C=O) groups excluding carboxylic acids is 1. The van der Waals surface area contributed by atoms with Gasteiger partial charge in [-0.15, -0.1) is 0 Å². The molecule has 0 radical (unpaired) electrons. The molecule has 98 valence electrons. The largest absolute Gasteiger partial charge is 0.355 e. The number of hydrogen-bond acceptors (Lipinski definition) is 3. The Morgan fingerprint density at radius 3 is 2.60 bits per heavy atom. The van der Waals surface area contributed by atoms with Gasteiger partial charge in [-0.1, -0.05) is 18.2 Å². The average Bonchev–Trinajstić information content (AvgIpc) is 2.54. The molecule has 1 aromatic carbocycles. The van der Waals surface area contributed by atoms with Crippen LogP contribution in [0.5, 0.6) is 0 Å². The van der Waals surface area contributed by atoms with Crippen molar-refractivity contribution in [2.45, 2.75) is 0 Å². The third-order valence-electron chi connectivity index (χ3n) is 3.16. The summed E-state index contributed by atoms with van der Waals surface area (Å²) in [4.78, 5) is 20.7. The van der Waals surface area contributed by atoms with E-state index in [1.54, 1.807) is 19.4 Å². The van der Waals surface area contributed by atoms with Gasteiger partial charge in [0, 0.05) is 30.4 Å². The molecule has 0 bridgehead atoms. The van der Waals surface area contributed by atoms with E-state index in [9.17, 15) is 4.79 Å². The van der Waals surface area contributed by atoms with E-state index in [0.29, 0.717) is 5.56 Å². The van der Waals surface area contributed by atoms with Gasteiger partial charge in [-0.25, -0.2) is 4.98 Å². The van der Waals surface area contributed by atoms with Crippen LogP contribution in [0.2, 0.25) is 0 Å². The molecule has 20 heavy (non-hydrogen) atoms. The summed E-state index contributed by atoms with van der Waals surface area (Å²) in [6.07, 6.45) is 3.43. The van der Waals surface area contributed by atoms with E-state index in [1.165, 1.54) is 0 Å². The molecule has 0 saturated heterocycles. The van der Waals surface area contributed by atoms with Crippen molar-refractivity contribution in [3.05, 3.63) is 60.4 Å². The Morgan fingerprint density at radius 2 is 1.85 bits per heavy atom. The molecule has 3 rings (SSSR count). The number of nitrogens with zero attached hydrogens (tertiary/aromatic N) is 2. The van der Waals surface area contributed by atoms with Gasteiger partial charge < -0.3 is 5.32 Å². The van der Waals surface area contributed by atoms with E-state index in [4.69, 9.17) is 0 Å². The first-order valence-corrected chi connectivity index (χ1v) is 6.32. The second-order valence-corrected chi connectivity index (χ2v) is 4.39. The van der Waals surface area contributed by atoms with Gasteiger partial charge in [0.2, 0.25) is 0 Å². The molecule has 0 aliphatic rings. The first kappa shape index (κ1) is 12.3. The number of aromatic nitrogens is 2. The summed E-state index contributed by atoms with van der Waals surface area (Å²) in [5.74, 6) is -0.112. The lowest BCUT2D eigenvalue weighted by Gasteiger charge is -2.08. The average molecular weight is 263 g/mol. The summed E-state index contributed by atoms with van der Waals surface area (Å²) < 4.78 is 0. The van der Waals surface area contributed by atoms with Gasteiger partial charge in [0.05, 0.1) is 16.8 Å². The number of pyridine rings is 2. The molecule has 0 fully saturated rings. The number of hydrogen-bond donors (Lipinski definition) is 1. The third-order valence-corrected chi connectivity index (χ3v) is 3.16. The normalized spacial score (nSPS) is 10.4. The van der Waals surface area contributed by atoms with Crippen LogP contribution in [0.4, 0.5) is 0 Å². The fourth-order valence-corrected chi connectivity index (χ4v) is 2.17. The second kappa shape index (κ2) is 5.09. The van der Waals surface area contributed by atoms with Gasteiger partial charge >= 0.3 is 0 Å². The highest BCUT2D eigenvalue weighted by Crippen LogP contribution is 2.24. The second-order valence-electron chi connectivity index (χ2n) is 4.39. The van der Waals surface area contributed by atoms with Crippen molar-refractivity contribution in [3.8, 4) is 11.3 Å². The van der Waals surface area contributed by atoms with Crippen LogP contribution in [0.3, 0.4) is 0 Å². The molecule has 1 N–H and O–H groups in total. The number of rotatable bonds is 2. The summed E-state index contributed by atoms with van der Waals surface area (Å²) in [5.41, 5.74) is 3.14. The molecular formula is C16H13N3O. The Hall–Kier alpha value is -2.75. The van der Waals surface area contributed by atoms with E-state index in [-0.39, 0.29) is 5.91 Å². The van der Waals surface area contributed by atoms with Crippen molar-refractivity contribution < 1.29 is 4.79 Å². The van der Waals surface area contributed by atoms with Crippen LogP contribution in [0, 0.1) is 0 Å². The molecule has 4 nitrogen and oxygen atoms in total. The standard InChI is InChI=1S/C16H13N3O/c1-17-16(20)13-10-15(11-6-8-18-9-7-11)19-14-5-3-2-4-12(13)14/h2-10H,1H3,(H,17,20). The first-order chi connectivity index (χ1) is 9.79. The van der Waals surface area contributed by atoms with E-state index >= 15 is 0 Å². The number of carbonyl (C=O) groups is 1. The number of benzene rings is 1. The number of amides is 1. The Balaban J connectivity index is 2.28. The maximum absolute atomic E-state index is 12.1. The lowest BCUT2D eigenvalue weighted by molar-refractivity contribution is 0.0964. The molecule has 2 aromatic heterocycles. The molecule has 1 amide bonds. The smallest absolute Gasteiger partial charge is 0.251 e. The predicted molar refractivity (Wildman–Crippen MR) is 78.4 cm³/mol. The monoisotopic (exact) mass is 263 g/mol. The number of fused-ring (bicyclic) bond motifs is 1. The van der Waals surface area contributed by atoms with Crippen LogP contribution >= 0.6 is 0 Å². The predicted octanol–water partition coefficient (Wildman–Crippen LogP) is 2.66. The van der Waals surface area contributed by atoms with E-state index in [2.05, 4.69) is 15.3 Å². The molecule has 0 aliphatic carbocycles. The molecule has 3 aromatic rings. The van der Waals surface area contributed by atoms with Crippen molar-refractivity contribution in [1.82, 2.24) is 15.3 Å². The maximum Gasteiger partial charge on any atom is 0.251 e. The van der Waals surface area contributed by atoms with Gasteiger partial charge in [0.15, 0.2) is 0 Å². The van der Waals surface area contributed by atoms with Crippen molar-refractivity contribution in [2.75, 3.05) is 7.05 Å². The number of para-hydroxylation sites is 1. The molecule has 2 heterocycles. The van der Waals surface area contributed by atoms with Crippen LogP contribution in [0.1, 0.15) is 10.4 Å². The Labute approximate surface area is 116 Å². The molecule has 0 atom stereocenters.